The lowest BCUT2D eigenvalue weighted by Gasteiger charge is -2.17. The zero-order valence-electron chi connectivity index (χ0n) is 12.9. The smallest absolute Gasteiger partial charge is 0.0842 e. The second-order valence-electron chi connectivity index (χ2n) is 6.07. The molecule has 1 saturated carbocycles. The third kappa shape index (κ3) is 3.50. The summed E-state index contributed by atoms with van der Waals surface area (Å²) in [6, 6.07) is 11.4. The first kappa shape index (κ1) is 14.3. The lowest BCUT2D eigenvalue weighted by molar-refractivity contribution is 0.449. The van der Waals surface area contributed by atoms with Gasteiger partial charge in [-0.15, -0.1) is 5.10 Å². The highest BCUT2D eigenvalue weighted by atomic mass is 15.4. The van der Waals surface area contributed by atoms with Gasteiger partial charge in [0.05, 0.1) is 5.69 Å². The summed E-state index contributed by atoms with van der Waals surface area (Å²) in [5.41, 5.74) is 2.56. The molecular weight excluding hydrogens is 260 g/mol. The summed E-state index contributed by atoms with van der Waals surface area (Å²) in [5.74, 6) is 1.43. The Balaban J connectivity index is 1.66. The number of aromatic nitrogens is 3. The van der Waals surface area contributed by atoms with E-state index in [1.54, 1.807) is 4.68 Å². The minimum Gasteiger partial charge on any atom is -0.313 e. The van der Waals surface area contributed by atoms with E-state index in [9.17, 15) is 0 Å². The van der Waals surface area contributed by atoms with Crippen LogP contribution < -0.4 is 5.32 Å². The van der Waals surface area contributed by atoms with Gasteiger partial charge in [0.25, 0.3) is 0 Å². The van der Waals surface area contributed by atoms with Crippen molar-refractivity contribution in [2.45, 2.75) is 38.1 Å². The first-order valence-corrected chi connectivity index (χ1v) is 7.91. The normalized spacial score (nSPS) is 22.2. The fraction of sp³-hybridized carbons (Fsp3) is 0.529. The van der Waals surface area contributed by atoms with E-state index in [0.29, 0.717) is 12.0 Å². The van der Waals surface area contributed by atoms with Crippen LogP contribution in [-0.4, -0.2) is 27.6 Å². The summed E-state index contributed by atoms with van der Waals surface area (Å²) >= 11 is 0. The van der Waals surface area contributed by atoms with Crippen LogP contribution >= 0.6 is 0 Å². The molecule has 1 aliphatic carbocycles. The van der Waals surface area contributed by atoms with E-state index in [1.807, 2.05) is 13.2 Å². The van der Waals surface area contributed by atoms with Crippen LogP contribution in [0.5, 0.6) is 0 Å². The lowest BCUT2D eigenvalue weighted by atomic mass is 10.0. The van der Waals surface area contributed by atoms with Crippen LogP contribution in [0.4, 0.5) is 0 Å². The second kappa shape index (κ2) is 6.39. The Hall–Kier alpha value is -1.68. The number of rotatable bonds is 7. The molecule has 3 atom stereocenters. The van der Waals surface area contributed by atoms with E-state index in [2.05, 4.69) is 52.9 Å². The van der Waals surface area contributed by atoms with Crippen LogP contribution in [0.25, 0.3) is 0 Å². The average molecular weight is 284 g/mol. The number of aryl methyl sites for hydroxylation is 1. The van der Waals surface area contributed by atoms with Gasteiger partial charge in [-0.2, -0.15) is 0 Å². The van der Waals surface area contributed by atoms with Crippen LogP contribution in [0.15, 0.2) is 36.5 Å². The minimum absolute atomic E-state index is 0.506. The minimum atomic E-state index is 0.506. The van der Waals surface area contributed by atoms with Crippen LogP contribution in [0.2, 0.25) is 0 Å². The molecule has 1 aliphatic rings. The molecule has 3 rings (SSSR count). The zero-order chi connectivity index (χ0) is 14.7. The summed E-state index contributed by atoms with van der Waals surface area (Å²) in [6.45, 7) is 3.29. The summed E-state index contributed by atoms with van der Waals surface area (Å²) in [7, 11) is 1.93. The van der Waals surface area contributed by atoms with Crippen molar-refractivity contribution in [1.29, 1.82) is 0 Å². The molecule has 112 valence electrons. The van der Waals surface area contributed by atoms with Gasteiger partial charge in [-0.05, 0) is 36.8 Å². The number of nitrogens with one attached hydrogen (secondary N) is 1. The third-order valence-electron chi connectivity index (χ3n) is 4.32. The lowest BCUT2D eigenvalue weighted by Crippen LogP contribution is -2.34. The quantitative estimate of drug-likeness (QED) is 0.849. The van der Waals surface area contributed by atoms with Gasteiger partial charge in [-0.25, -0.2) is 0 Å². The molecule has 4 heteroatoms. The van der Waals surface area contributed by atoms with Gasteiger partial charge in [0.1, 0.15) is 0 Å². The number of hydrogen-bond donors (Lipinski definition) is 1. The van der Waals surface area contributed by atoms with Gasteiger partial charge in [0, 0.05) is 25.7 Å². The van der Waals surface area contributed by atoms with E-state index in [0.717, 1.165) is 24.6 Å². The Bertz CT molecular complexity index is 563. The van der Waals surface area contributed by atoms with Crippen molar-refractivity contribution in [3.05, 3.63) is 47.8 Å². The first-order valence-electron chi connectivity index (χ1n) is 7.91. The molecule has 1 N–H and O–H groups in total. The topological polar surface area (TPSA) is 42.7 Å². The van der Waals surface area contributed by atoms with Crippen LogP contribution in [0.3, 0.4) is 0 Å². The maximum absolute atomic E-state index is 4.24. The molecule has 0 saturated heterocycles. The van der Waals surface area contributed by atoms with Crippen molar-refractivity contribution in [1.82, 2.24) is 20.3 Å². The first-order chi connectivity index (χ1) is 10.3. The summed E-state index contributed by atoms with van der Waals surface area (Å²) < 4.78 is 1.79. The molecule has 4 nitrogen and oxygen atoms in total. The Morgan fingerprint density at radius 1 is 1.33 bits per heavy atom. The molecule has 1 fully saturated rings. The van der Waals surface area contributed by atoms with Crippen molar-refractivity contribution in [2.75, 3.05) is 6.54 Å². The molecule has 0 radical (unpaired) electrons. The highest BCUT2D eigenvalue weighted by Gasteiger charge is 2.43. The maximum Gasteiger partial charge on any atom is 0.0842 e. The van der Waals surface area contributed by atoms with Crippen LogP contribution in [0, 0.1) is 5.92 Å². The van der Waals surface area contributed by atoms with Gasteiger partial charge < -0.3 is 5.32 Å². The van der Waals surface area contributed by atoms with E-state index in [4.69, 9.17) is 0 Å². The molecule has 1 heterocycles. The van der Waals surface area contributed by atoms with Gasteiger partial charge >= 0.3 is 0 Å². The van der Waals surface area contributed by atoms with Crippen molar-refractivity contribution >= 4 is 0 Å². The molecule has 0 aliphatic heterocycles. The Labute approximate surface area is 126 Å². The third-order valence-corrected chi connectivity index (χ3v) is 4.32. The molecule has 1 aromatic carbocycles. The number of hydrogen-bond acceptors (Lipinski definition) is 3. The summed E-state index contributed by atoms with van der Waals surface area (Å²) in [5, 5.41) is 12.0. The standard InChI is InChI=1S/C17H24N4/c1-3-9-18-17(10-14-12-21(2)20-19-14)16-11-15(16)13-7-5-4-6-8-13/h4-8,12,15-18H,3,9-11H2,1-2H3. The van der Waals surface area contributed by atoms with Crippen molar-refractivity contribution < 1.29 is 0 Å². The van der Waals surface area contributed by atoms with Crippen molar-refractivity contribution in [2.24, 2.45) is 13.0 Å². The van der Waals surface area contributed by atoms with Gasteiger partial charge in [-0.1, -0.05) is 42.5 Å². The maximum atomic E-state index is 4.24. The van der Waals surface area contributed by atoms with Gasteiger partial charge in [0.15, 0.2) is 0 Å². The predicted octanol–water partition coefficient (Wildman–Crippen LogP) is 2.53. The van der Waals surface area contributed by atoms with E-state index < -0.39 is 0 Å². The monoisotopic (exact) mass is 284 g/mol. The fourth-order valence-electron chi connectivity index (χ4n) is 3.16. The van der Waals surface area contributed by atoms with Gasteiger partial charge in [-0.3, -0.25) is 4.68 Å². The molecule has 1 aromatic heterocycles. The largest absolute Gasteiger partial charge is 0.313 e. The van der Waals surface area contributed by atoms with Crippen LogP contribution in [-0.2, 0) is 13.5 Å². The zero-order valence-corrected chi connectivity index (χ0v) is 12.9. The molecule has 3 unspecified atom stereocenters. The second-order valence-corrected chi connectivity index (χ2v) is 6.07. The Kier molecular flexibility index (Phi) is 4.34. The molecule has 0 amide bonds. The van der Waals surface area contributed by atoms with Crippen LogP contribution in [0.1, 0.15) is 36.9 Å². The Morgan fingerprint density at radius 2 is 2.14 bits per heavy atom. The van der Waals surface area contributed by atoms with E-state index in [1.165, 1.54) is 18.4 Å². The Morgan fingerprint density at radius 3 is 2.81 bits per heavy atom. The molecule has 0 spiro atoms. The van der Waals surface area contributed by atoms with Gasteiger partial charge in [0.2, 0.25) is 0 Å². The number of benzene rings is 1. The molecule has 21 heavy (non-hydrogen) atoms. The molecule has 0 bridgehead atoms. The highest BCUT2D eigenvalue weighted by Crippen LogP contribution is 2.49. The van der Waals surface area contributed by atoms with Crippen molar-refractivity contribution in [3.63, 3.8) is 0 Å². The summed E-state index contributed by atoms with van der Waals surface area (Å²) in [4.78, 5) is 0. The number of nitrogens with zero attached hydrogens (tertiary/aromatic N) is 3. The van der Waals surface area contributed by atoms with Crippen molar-refractivity contribution in [3.8, 4) is 0 Å². The SMILES string of the molecule is CCCNC(Cc1cn(C)nn1)C1CC1c1ccccc1. The predicted molar refractivity (Wildman–Crippen MR) is 84.1 cm³/mol. The van der Waals surface area contributed by atoms with E-state index >= 15 is 0 Å². The highest BCUT2D eigenvalue weighted by molar-refractivity contribution is 5.27. The summed E-state index contributed by atoms with van der Waals surface area (Å²) in [6.07, 6.45) is 5.45. The average Bonchev–Trinajstić information content (AvgIpc) is 3.21. The molecular formula is C17H24N4. The fourth-order valence-corrected chi connectivity index (χ4v) is 3.16. The van der Waals surface area contributed by atoms with E-state index in [-0.39, 0.29) is 0 Å². The molecule has 2 aromatic rings.